The maximum Gasteiger partial charge on any atom is 0.164 e. The van der Waals surface area contributed by atoms with Crippen LogP contribution in [0.5, 0.6) is 0 Å². The number of aromatic nitrogens is 6. The third-order valence-electron chi connectivity index (χ3n) is 16.4. The number of nitriles is 4. The summed E-state index contributed by atoms with van der Waals surface area (Å²) in [6.45, 7) is 0. The summed E-state index contributed by atoms with van der Waals surface area (Å²) < 4.78 is 4.61. The summed E-state index contributed by atoms with van der Waals surface area (Å²) in [4.78, 5) is 20.5. The molecule has 0 unspecified atom stereocenters. The van der Waals surface area contributed by atoms with Crippen LogP contribution in [0.25, 0.3) is 145 Å². The van der Waals surface area contributed by atoms with E-state index in [2.05, 4.69) is 130 Å². The molecule has 0 saturated heterocycles. The first kappa shape index (κ1) is 52.0. The van der Waals surface area contributed by atoms with Crippen molar-refractivity contribution in [3.8, 4) is 125 Å². The molecular weight excluding hydrogens is 1080 g/mol. The highest BCUT2D eigenvalue weighted by molar-refractivity contribution is 6.14. The van der Waals surface area contributed by atoms with Gasteiger partial charge in [-0.2, -0.15) is 21.0 Å². The molecule has 4 aromatic heterocycles. The van der Waals surface area contributed by atoms with Gasteiger partial charge >= 0.3 is 0 Å². The van der Waals surface area contributed by atoms with Crippen LogP contribution in [0.3, 0.4) is 0 Å². The summed E-state index contributed by atoms with van der Waals surface area (Å²) in [5.41, 5.74) is 19.4. The van der Waals surface area contributed by atoms with Crippen LogP contribution < -0.4 is 0 Å². The molecule has 0 saturated carbocycles. The molecule has 88 heavy (non-hydrogen) atoms. The Kier molecular flexibility index (Phi) is 12.8. The van der Waals surface area contributed by atoms with E-state index in [1.54, 1.807) is 0 Å². The maximum atomic E-state index is 9.99. The van der Waals surface area contributed by atoms with Gasteiger partial charge in [-0.1, -0.05) is 133 Å². The maximum absolute atomic E-state index is 9.99. The molecule has 0 spiro atoms. The van der Waals surface area contributed by atoms with Gasteiger partial charge in [0.25, 0.3) is 0 Å². The molecule has 15 rings (SSSR count). The molecule has 10 heteroatoms. The molecular formula is C78H44N10. The first-order valence-corrected chi connectivity index (χ1v) is 28.6. The molecule has 0 amide bonds. The summed E-state index contributed by atoms with van der Waals surface area (Å²) in [6, 6.07) is 94.3. The van der Waals surface area contributed by atoms with Crippen molar-refractivity contribution >= 4 is 43.6 Å². The smallest absolute Gasteiger partial charge is 0.164 e. The second-order valence-electron chi connectivity index (χ2n) is 21.5. The topological polar surface area (TPSA) is 157 Å². The number of pyridine rings is 1. The van der Waals surface area contributed by atoms with E-state index in [0.717, 1.165) is 127 Å². The van der Waals surface area contributed by atoms with Crippen LogP contribution in [0.4, 0.5) is 0 Å². The molecule has 0 bridgehead atoms. The minimum Gasteiger partial charge on any atom is -0.309 e. The Labute approximate surface area is 505 Å². The lowest BCUT2D eigenvalue weighted by Crippen LogP contribution is -2.04. The molecule has 0 fully saturated rings. The van der Waals surface area contributed by atoms with E-state index in [0.29, 0.717) is 39.7 Å². The van der Waals surface area contributed by atoms with Gasteiger partial charge in [0.05, 0.1) is 86.2 Å². The molecule has 0 aliphatic carbocycles. The van der Waals surface area contributed by atoms with Gasteiger partial charge in [0.15, 0.2) is 17.5 Å². The molecule has 406 valence electrons. The molecule has 10 nitrogen and oxygen atoms in total. The zero-order valence-corrected chi connectivity index (χ0v) is 46.9. The lowest BCUT2D eigenvalue weighted by Gasteiger charge is -2.19. The first-order valence-electron chi connectivity index (χ1n) is 28.6. The third kappa shape index (κ3) is 9.22. The predicted molar refractivity (Wildman–Crippen MR) is 349 cm³/mol. The first-order chi connectivity index (χ1) is 43.4. The normalized spacial score (nSPS) is 11.1. The van der Waals surface area contributed by atoms with Crippen molar-refractivity contribution in [2.24, 2.45) is 0 Å². The molecule has 0 aliphatic heterocycles. The number of benzene rings is 11. The minimum atomic E-state index is 0.490. The summed E-state index contributed by atoms with van der Waals surface area (Å²) >= 11 is 0. The highest BCUT2D eigenvalue weighted by Crippen LogP contribution is 2.45. The summed E-state index contributed by atoms with van der Waals surface area (Å²) in [6.07, 6.45) is 3.77. The Morgan fingerprint density at radius 3 is 0.966 bits per heavy atom. The number of fused-ring (bicyclic) bond motifs is 6. The van der Waals surface area contributed by atoms with Crippen LogP contribution in [0.15, 0.2) is 267 Å². The molecule has 0 N–H and O–H groups in total. The summed E-state index contributed by atoms with van der Waals surface area (Å²) in [7, 11) is 0. The molecule has 11 aromatic carbocycles. The van der Waals surface area contributed by atoms with Crippen molar-refractivity contribution in [2.75, 3.05) is 0 Å². The molecule has 0 aliphatic rings. The van der Waals surface area contributed by atoms with Crippen LogP contribution >= 0.6 is 0 Å². The fourth-order valence-electron chi connectivity index (χ4n) is 12.2. The minimum absolute atomic E-state index is 0.490. The predicted octanol–water partition coefficient (Wildman–Crippen LogP) is 18.3. The average Bonchev–Trinajstić information content (AvgIpc) is 1.61. The Hall–Kier alpha value is -12.9. The van der Waals surface area contributed by atoms with E-state index in [9.17, 15) is 21.0 Å². The van der Waals surface area contributed by atoms with Gasteiger partial charge in [-0.05, 0) is 166 Å². The molecule has 0 atom stereocenters. The SMILES string of the molecule is N#Cc1cccc(-c2ccc3c(c2)c2cc(-c4cccc(C#N)c4)ccc2n3-c2ccc(-c3nc(-c4ccccc4)nc(-c4ccccc4)n3)cc2-c2ccncc2-n2c3ccc(-c4cccc(C#N)c4)cc3c3cc(-c4cccc(C#N)c4)ccc32)c1. The van der Waals surface area contributed by atoms with E-state index >= 15 is 0 Å². The van der Waals surface area contributed by atoms with Crippen LogP contribution in [0, 0.1) is 45.3 Å². The van der Waals surface area contributed by atoms with E-state index in [1.807, 2.05) is 170 Å². The fraction of sp³-hybridized carbons (Fsp3) is 0. The molecule has 15 aromatic rings. The summed E-state index contributed by atoms with van der Waals surface area (Å²) in [5, 5.41) is 43.9. The number of hydrogen-bond acceptors (Lipinski definition) is 8. The average molecular weight is 1120 g/mol. The Bertz CT molecular complexity index is 5230. The standard InChI is InChI=1S/C78H44N10/c79-44-49-11-7-19-55(35-49)59-23-28-71-66(39-59)67-40-60(56-20-8-12-50(36-56)45-80)24-29-72(67)87(71)70-32-27-63(78-85-76(53-15-3-1-4-16-53)84-77(86-78)54-17-5-2-6-18-54)43-65(70)64-33-34-83-48-75(64)88-73-30-25-61(57-21-9-13-51(37-57)46-81)41-68(73)69-42-62(26-31-74(69)88)58-22-10-14-52(38-58)47-82/h1-43,48H. The fourth-order valence-corrected chi connectivity index (χ4v) is 12.2. The zero-order chi connectivity index (χ0) is 59.2. The number of rotatable bonds is 10. The van der Waals surface area contributed by atoms with Crippen molar-refractivity contribution in [1.82, 2.24) is 29.1 Å². The molecule has 0 radical (unpaired) electrons. The highest BCUT2D eigenvalue weighted by Gasteiger charge is 2.24. The van der Waals surface area contributed by atoms with Crippen LogP contribution in [0.1, 0.15) is 22.3 Å². The van der Waals surface area contributed by atoms with E-state index in [-0.39, 0.29) is 0 Å². The third-order valence-corrected chi connectivity index (χ3v) is 16.4. The van der Waals surface area contributed by atoms with Crippen molar-refractivity contribution in [2.45, 2.75) is 0 Å². The van der Waals surface area contributed by atoms with Gasteiger partial charge in [0.1, 0.15) is 0 Å². The lowest BCUT2D eigenvalue weighted by atomic mass is 9.98. The van der Waals surface area contributed by atoms with Gasteiger partial charge in [0.2, 0.25) is 0 Å². The van der Waals surface area contributed by atoms with Gasteiger partial charge in [-0.3, -0.25) is 4.98 Å². The summed E-state index contributed by atoms with van der Waals surface area (Å²) in [5.74, 6) is 1.57. The second kappa shape index (κ2) is 21.7. The van der Waals surface area contributed by atoms with Crippen molar-refractivity contribution in [1.29, 1.82) is 21.0 Å². The van der Waals surface area contributed by atoms with E-state index in [1.165, 1.54) is 0 Å². The quantitative estimate of drug-likeness (QED) is 0.131. The highest BCUT2D eigenvalue weighted by atomic mass is 15.0. The van der Waals surface area contributed by atoms with Gasteiger partial charge in [-0.25, -0.2) is 15.0 Å². The van der Waals surface area contributed by atoms with Crippen molar-refractivity contribution < 1.29 is 0 Å². The zero-order valence-electron chi connectivity index (χ0n) is 46.9. The van der Waals surface area contributed by atoms with Crippen LogP contribution in [-0.2, 0) is 0 Å². The largest absolute Gasteiger partial charge is 0.309 e. The van der Waals surface area contributed by atoms with Crippen molar-refractivity contribution in [3.63, 3.8) is 0 Å². The number of hydrogen-bond donors (Lipinski definition) is 0. The van der Waals surface area contributed by atoms with Gasteiger partial charge in [0, 0.05) is 55.6 Å². The molecule has 4 heterocycles. The Morgan fingerprint density at radius 1 is 0.261 bits per heavy atom. The number of nitrogens with zero attached hydrogens (tertiary/aromatic N) is 10. The second-order valence-corrected chi connectivity index (χ2v) is 21.5. The van der Waals surface area contributed by atoms with E-state index in [4.69, 9.17) is 19.9 Å². The van der Waals surface area contributed by atoms with Gasteiger partial charge < -0.3 is 9.13 Å². The Balaban J connectivity index is 1.02. The van der Waals surface area contributed by atoms with Crippen molar-refractivity contribution in [3.05, 3.63) is 289 Å². The van der Waals surface area contributed by atoms with E-state index < -0.39 is 0 Å². The lowest BCUT2D eigenvalue weighted by molar-refractivity contribution is 1.07. The van der Waals surface area contributed by atoms with Gasteiger partial charge in [-0.15, -0.1) is 0 Å². The van der Waals surface area contributed by atoms with Crippen LogP contribution in [-0.4, -0.2) is 29.1 Å². The van der Waals surface area contributed by atoms with Crippen LogP contribution in [0.2, 0.25) is 0 Å². The monoisotopic (exact) mass is 1120 g/mol. The Morgan fingerprint density at radius 2 is 0.591 bits per heavy atom.